The fraction of sp³-hybridized carbons (Fsp3) is 0.462. The second kappa shape index (κ2) is 9.65. The number of ether oxygens (including phenoxy) is 1. The minimum absolute atomic E-state index is 0.242. The minimum atomic E-state index is -0.325. The third kappa shape index (κ3) is 4.82. The summed E-state index contributed by atoms with van der Waals surface area (Å²) in [6.45, 7) is 2.15. The highest BCUT2D eigenvalue weighted by atomic mass is 16.6. The first-order valence-corrected chi connectivity index (χ1v) is 11.4. The summed E-state index contributed by atoms with van der Waals surface area (Å²) >= 11 is 0. The van der Waals surface area contributed by atoms with Crippen LogP contribution in [0, 0.1) is 0 Å². The Morgan fingerprint density at radius 1 is 1.03 bits per heavy atom. The summed E-state index contributed by atoms with van der Waals surface area (Å²) in [5, 5.41) is 0. The zero-order valence-electron chi connectivity index (χ0n) is 18.5. The fourth-order valence-corrected chi connectivity index (χ4v) is 5.08. The van der Waals surface area contributed by atoms with Gasteiger partial charge in [0.2, 0.25) is 0 Å². The van der Waals surface area contributed by atoms with E-state index in [-0.39, 0.29) is 11.9 Å². The molecule has 4 rings (SSSR count). The van der Waals surface area contributed by atoms with Gasteiger partial charge < -0.3 is 9.64 Å². The van der Waals surface area contributed by atoms with Crippen LogP contribution in [0.2, 0.25) is 0 Å². The number of benzene rings is 2. The molecule has 1 aliphatic heterocycles. The second-order valence-electron chi connectivity index (χ2n) is 8.87. The lowest BCUT2D eigenvalue weighted by molar-refractivity contribution is 0.0977. The zero-order valence-corrected chi connectivity index (χ0v) is 18.5. The molecule has 0 bridgehead atoms. The third-order valence-corrected chi connectivity index (χ3v) is 6.68. The maximum absolute atomic E-state index is 12.3. The Kier molecular flexibility index (Phi) is 6.71. The van der Waals surface area contributed by atoms with Crippen LogP contribution in [0.1, 0.15) is 59.5 Å². The number of hydrogen-bond acceptors (Lipinski definition) is 4. The van der Waals surface area contributed by atoms with E-state index in [1.165, 1.54) is 16.0 Å². The smallest absolute Gasteiger partial charge is 0.410 e. The van der Waals surface area contributed by atoms with E-state index in [1.54, 1.807) is 14.1 Å². The standard InChI is InChI=1S/C26H32N2O3/c1-27(2)26(30)31-25-13-8-11-20-21-16-18-28(23(21)15-14-22(20)25)17-7-6-12-24(29)19-9-4-3-5-10-19/h3-5,8-11,13,21,23H,6-7,12,14-18H2,1-2H3. The number of unbranched alkanes of at least 4 members (excludes halogenated alkanes) is 1. The first-order valence-electron chi connectivity index (χ1n) is 11.4. The van der Waals surface area contributed by atoms with E-state index in [1.807, 2.05) is 42.5 Å². The Balaban J connectivity index is 1.32. The van der Waals surface area contributed by atoms with Gasteiger partial charge in [0.25, 0.3) is 0 Å². The number of carbonyl (C=O) groups is 2. The molecule has 1 fully saturated rings. The van der Waals surface area contributed by atoms with Crippen LogP contribution >= 0.6 is 0 Å². The van der Waals surface area contributed by atoms with Crippen molar-refractivity contribution in [1.29, 1.82) is 0 Å². The monoisotopic (exact) mass is 420 g/mol. The Morgan fingerprint density at radius 3 is 2.61 bits per heavy atom. The number of fused-ring (bicyclic) bond motifs is 3. The largest absolute Gasteiger partial charge is 0.414 e. The van der Waals surface area contributed by atoms with Crippen molar-refractivity contribution < 1.29 is 14.3 Å². The number of likely N-dealkylation sites (tertiary alicyclic amines) is 1. The van der Waals surface area contributed by atoms with Gasteiger partial charge in [-0.25, -0.2) is 4.79 Å². The molecule has 31 heavy (non-hydrogen) atoms. The van der Waals surface area contributed by atoms with Gasteiger partial charge in [-0.05, 0) is 62.4 Å². The van der Waals surface area contributed by atoms with E-state index >= 15 is 0 Å². The van der Waals surface area contributed by atoms with Gasteiger partial charge in [-0.2, -0.15) is 0 Å². The molecule has 2 aromatic carbocycles. The van der Waals surface area contributed by atoms with Crippen molar-refractivity contribution in [2.24, 2.45) is 0 Å². The summed E-state index contributed by atoms with van der Waals surface area (Å²) in [6.07, 6.45) is 5.46. The van der Waals surface area contributed by atoms with Crippen LogP contribution in [-0.2, 0) is 6.42 Å². The predicted molar refractivity (Wildman–Crippen MR) is 122 cm³/mol. The molecule has 164 valence electrons. The molecule has 5 heteroatoms. The van der Waals surface area contributed by atoms with Gasteiger partial charge >= 0.3 is 6.09 Å². The van der Waals surface area contributed by atoms with Crippen molar-refractivity contribution in [1.82, 2.24) is 9.80 Å². The van der Waals surface area contributed by atoms with Gasteiger partial charge in [-0.15, -0.1) is 0 Å². The van der Waals surface area contributed by atoms with Crippen LogP contribution < -0.4 is 4.74 Å². The highest BCUT2D eigenvalue weighted by Crippen LogP contribution is 2.44. The number of nitrogens with zero attached hydrogens (tertiary/aromatic N) is 2. The molecule has 2 aromatic rings. The average molecular weight is 421 g/mol. The number of rotatable bonds is 7. The van der Waals surface area contributed by atoms with E-state index in [0.29, 0.717) is 24.1 Å². The first-order chi connectivity index (χ1) is 15.0. The number of carbonyl (C=O) groups excluding carboxylic acids is 2. The first kappa shape index (κ1) is 21.6. The SMILES string of the molecule is CN(C)C(=O)Oc1cccc2c1CCC1C2CCN1CCCCC(=O)c1ccccc1. The van der Waals surface area contributed by atoms with Crippen LogP contribution in [-0.4, -0.2) is 54.9 Å². The van der Waals surface area contributed by atoms with E-state index in [0.717, 1.165) is 50.8 Å². The van der Waals surface area contributed by atoms with Crippen molar-refractivity contribution in [3.8, 4) is 5.75 Å². The summed E-state index contributed by atoms with van der Waals surface area (Å²) in [7, 11) is 3.41. The summed E-state index contributed by atoms with van der Waals surface area (Å²) in [6, 6.07) is 16.3. The van der Waals surface area contributed by atoms with Crippen molar-refractivity contribution in [2.45, 2.75) is 50.5 Å². The summed E-state index contributed by atoms with van der Waals surface area (Å²) in [5.74, 6) is 1.46. The lowest BCUT2D eigenvalue weighted by Gasteiger charge is -2.34. The van der Waals surface area contributed by atoms with Crippen LogP contribution in [0.25, 0.3) is 0 Å². The second-order valence-corrected chi connectivity index (χ2v) is 8.87. The van der Waals surface area contributed by atoms with Gasteiger partial charge in [0.05, 0.1) is 0 Å². The van der Waals surface area contributed by atoms with Crippen molar-refractivity contribution >= 4 is 11.9 Å². The van der Waals surface area contributed by atoms with E-state index in [4.69, 9.17) is 4.74 Å². The topological polar surface area (TPSA) is 49.9 Å². The van der Waals surface area contributed by atoms with Gasteiger partial charge in [-0.3, -0.25) is 9.69 Å². The zero-order chi connectivity index (χ0) is 21.8. The molecule has 1 amide bonds. The average Bonchev–Trinajstić information content (AvgIpc) is 3.20. The number of hydrogen-bond donors (Lipinski definition) is 0. The van der Waals surface area contributed by atoms with Crippen molar-refractivity contribution in [2.75, 3.05) is 27.2 Å². The molecule has 1 heterocycles. The maximum Gasteiger partial charge on any atom is 0.414 e. The molecule has 0 spiro atoms. The maximum atomic E-state index is 12.3. The molecule has 0 saturated carbocycles. The normalized spacial score (nSPS) is 20.1. The number of amides is 1. The summed E-state index contributed by atoms with van der Waals surface area (Å²) in [4.78, 5) is 28.4. The van der Waals surface area contributed by atoms with Crippen LogP contribution in [0.4, 0.5) is 4.79 Å². The molecule has 1 saturated heterocycles. The van der Waals surface area contributed by atoms with Crippen molar-refractivity contribution in [3.05, 3.63) is 65.2 Å². The van der Waals surface area contributed by atoms with E-state index < -0.39 is 0 Å². The van der Waals surface area contributed by atoms with Crippen molar-refractivity contribution in [3.63, 3.8) is 0 Å². The minimum Gasteiger partial charge on any atom is -0.410 e. The Bertz CT molecular complexity index is 926. The van der Waals surface area contributed by atoms with E-state index in [9.17, 15) is 9.59 Å². The summed E-state index contributed by atoms with van der Waals surface area (Å²) in [5.41, 5.74) is 3.37. The third-order valence-electron chi connectivity index (χ3n) is 6.68. The molecule has 0 aromatic heterocycles. The van der Waals surface area contributed by atoms with E-state index in [2.05, 4.69) is 11.0 Å². The number of Topliss-reactive ketones (excluding diaryl/α,β-unsaturated/α-hetero) is 1. The molecule has 2 atom stereocenters. The molecule has 2 unspecified atom stereocenters. The molecular weight excluding hydrogens is 388 g/mol. The predicted octanol–water partition coefficient (Wildman–Crippen LogP) is 4.90. The highest BCUT2D eigenvalue weighted by molar-refractivity contribution is 5.95. The molecule has 1 aliphatic carbocycles. The van der Waals surface area contributed by atoms with Gasteiger partial charge in [0.15, 0.2) is 5.78 Å². The van der Waals surface area contributed by atoms with Crippen LogP contribution in [0.5, 0.6) is 5.75 Å². The lowest BCUT2D eigenvalue weighted by atomic mass is 9.79. The highest BCUT2D eigenvalue weighted by Gasteiger charge is 2.39. The van der Waals surface area contributed by atoms with Crippen LogP contribution in [0.3, 0.4) is 0 Å². The summed E-state index contributed by atoms with van der Waals surface area (Å²) < 4.78 is 5.63. The van der Waals surface area contributed by atoms with Gasteiger partial charge in [-0.1, -0.05) is 42.5 Å². The molecule has 2 aliphatic rings. The fourth-order valence-electron chi connectivity index (χ4n) is 5.08. The number of ketones is 1. The quantitative estimate of drug-likeness (QED) is 0.472. The van der Waals surface area contributed by atoms with Gasteiger partial charge in [0.1, 0.15) is 5.75 Å². The lowest BCUT2D eigenvalue weighted by Crippen LogP contribution is -2.36. The Morgan fingerprint density at radius 2 is 1.84 bits per heavy atom. The van der Waals surface area contributed by atoms with Crippen LogP contribution in [0.15, 0.2) is 48.5 Å². The molecule has 0 radical (unpaired) electrons. The molecule has 0 N–H and O–H groups in total. The van der Waals surface area contributed by atoms with Gasteiger partial charge in [0, 0.05) is 38.0 Å². The molecular formula is C26H32N2O3. The Labute approximate surface area is 185 Å². The Hall–Kier alpha value is -2.66. The molecule has 5 nitrogen and oxygen atoms in total.